The van der Waals surface area contributed by atoms with E-state index in [4.69, 9.17) is 0 Å². The van der Waals surface area contributed by atoms with E-state index in [0.29, 0.717) is 48.6 Å². The quantitative estimate of drug-likeness (QED) is 0.473. The van der Waals surface area contributed by atoms with Crippen molar-refractivity contribution >= 4 is 22.8 Å². The SMILES string of the molecule is O=C(c1ccc(Cn2c(=O)c(=O)[nH]c3cccnc32)cc1)N1CCN(c2ccccc2F)CC1. The first-order valence-corrected chi connectivity index (χ1v) is 11.0. The fourth-order valence-corrected chi connectivity index (χ4v) is 4.23. The van der Waals surface area contributed by atoms with Gasteiger partial charge in [-0.05, 0) is 42.0 Å². The van der Waals surface area contributed by atoms with E-state index in [1.54, 1.807) is 65.7 Å². The molecule has 0 aliphatic carbocycles. The van der Waals surface area contributed by atoms with Gasteiger partial charge in [0.25, 0.3) is 5.91 Å². The zero-order valence-corrected chi connectivity index (χ0v) is 18.3. The number of aromatic amines is 1. The van der Waals surface area contributed by atoms with Crippen LogP contribution in [0.1, 0.15) is 15.9 Å². The van der Waals surface area contributed by atoms with Crippen molar-refractivity contribution in [2.75, 3.05) is 31.1 Å². The number of carbonyl (C=O) groups excluding carboxylic acids is 1. The number of halogens is 1. The lowest BCUT2D eigenvalue weighted by molar-refractivity contribution is 0.0746. The Balaban J connectivity index is 1.29. The largest absolute Gasteiger partial charge is 0.366 e. The second-order valence-electron chi connectivity index (χ2n) is 8.15. The third-order valence-corrected chi connectivity index (χ3v) is 6.03. The topological polar surface area (TPSA) is 91.3 Å². The first kappa shape index (κ1) is 21.6. The number of carbonyl (C=O) groups is 1. The predicted octanol–water partition coefficient (Wildman–Crippen LogP) is 2.23. The molecule has 9 heteroatoms. The van der Waals surface area contributed by atoms with E-state index >= 15 is 0 Å². The van der Waals surface area contributed by atoms with Crippen molar-refractivity contribution in [1.29, 1.82) is 0 Å². The zero-order valence-electron chi connectivity index (χ0n) is 18.3. The summed E-state index contributed by atoms with van der Waals surface area (Å²) in [6, 6.07) is 17.0. The molecule has 1 N–H and O–H groups in total. The maximum absolute atomic E-state index is 14.1. The van der Waals surface area contributed by atoms with Crippen molar-refractivity contribution in [3.63, 3.8) is 0 Å². The number of aromatic nitrogens is 3. The molecule has 0 atom stereocenters. The fourth-order valence-electron chi connectivity index (χ4n) is 4.23. The molecule has 5 rings (SSSR count). The third kappa shape index (κ3) is 4.07. The van der Waals surface area contributed by atoms with Crippen molar-refractivity contribution < 1.29 is 9.18 Å². The van der Waals surface area contributed by atoms with E-state index in [1.165, 1.54) is 10.6 Å². The van der Waals surface area contributed by atoms with Crippen LogP contribution >= 0.6 is 0 Å². The number of rotatable bonds is 4. The number of anilines is 1. The lowest BCUT2D eigenvalue weighted by atomic mass is 10.1. The van der Waals surface area contributed by atoms with Crippen LogP contribution in [-0.2, 0) is 6.54 Å². The molecular formula is C25H22FN5O3. The lowest BCUT2D eigenvalue weighted by Gasteiger charge is -2.36. The summed E-state index contributed by atoms with van der Waals surface area (Å²) >= 11 is 0. The van der Waals surface area contributed by atoms with Gasteiger partial charge < -0.3 is 14.8 Å². The summed E-state index contributed by atoms with van der Waals surface area (Å²) in [7, 11) is 0. The minimum Gasteiger partial charge on any atom is -0.366 e. The average molecular weight is 459 g/mol. The Kier molecular flexibility index (Phi) is 5.67. The summed E-state index contributed by atoms with van der Waals surface area (Å²) in [5, 5.41) is 0. The van der Waals surface area contributed by atoms with E-state index in [0.717, 1.165) is 5.56 Å². The van der Waals surface area contributed by atoms with Gasteiger partial charge in [0.15, 0.2) is 5.65 Å². The number of hydrogen-bond donors (Lipinski definition) is 1. The Morgan fingerprint density at radius 2 is 1.68 bits per heavy atom. The summed E-state index contributed by atoms with van der Waals surface area (Å²) in [5.74, 6) is -0.361. The summed E-state index contributed by atoms with van der Waals surface area (Å²) < 4.78 is 15.4. The molecule has 34 heavy (non-hydrogen) atoms. The fraction of sp³-hybridized carbons (Fsp3) is 0.200. The number of hydrogen-bond acceptors (Lipinski definition) is 5. The molecule has 3 heterocycles. The van der Waals surface area contributed by atoms with Gasteiger partial charge >= 0.3 is 11.1 Å². The maximum atomic E-state index is 14.1. The minimum absolute atomic E-state index is 0.0971. The number of nitrogens with one attached hydrogen (secondary N) is 1. The molecule has 0 saturated carbocycles. The van der Waals surface area contributed by atoms with Crippen LogP contribution in [0.5, 0.6) is 0 Å². The highest BCUT2D eigenvalue weighted by atomic mass is 19.1. The van der Waals surface area contributed by atoms with Gasteiger partial charge in [-0.1, -0.05) is 24.3 Å². The molecule has 172 valence electrons. The second kappa shape index (κ2) is 8.93. The van der Waals surface area contributed by atoms with Crippen LogP contribution in [0.25, 0.3) is 11.2 Å². The molecule has 4 aromatic rings. The van der Waals surface area contributed by atoms with Gasteiger partial charge in [-0.25, -0.2) is 9.37 Å². The summed E-state index contributed by atoms with van der Waals surface area (Å²) in [5.41, 5.74) is 1.33. The van der Waals surface area contributed by atoms with Gasteiger partial charge in [0.1, 0.15) is 5.82 Å². The predicted molar refractivity (Wildman–Crippen MR) is 127 cm³/mol. The van der Waals surface area contributed by atoms with Crippen LogP contribution in [0.4, 0.5) is 10.1 Å². The highest BCUT2D eigenvalue weighted by molar-refractivity contribution is 5.94. The van der Waals surface area contributed by atoms with Crippen LogP contribution in [0.2, 0.25) is 0 Å². The normalized spacial score (nSPS) is 13.9. The van der Waals surface area contributed by atoms with Gasteiger partial charge in [0, 0.05) is 37.9 Å². The molecule has 2 aromatic heterocycles. The maximum Gasteiger partial charge on any atom is 0.318 e. The molecule has 1 amide bonds. The molecule has 1 aliphatic heterocycles. The zero-order chi connectivity index (χ0) is 23.7. The van der Waals surface area contributed by atoms with E-state index in [9.17, 15) is 18.8 Å². The Morgan fingerprint density at radius 1 is 0.941 bits per heavy atom. The molecule has 8 nitrogen and oxygen atoms in total. The number of H-pyrrole nitrogens is 1. The Labute approximate surface area is 193 Å². The monoisotopic (exact) mass is 459 g/mol. The summed E-state index contributed by atoms with van der Waals surface area (Å²) in [6.07, 6.45) is 1.56. The van der Waals surface area contributed by atoms with Crippen LogP contribution in [-0.4, -0.2) is 51.5 Å². The van der Waals surface area contributed by atoms with Crippen LogP contribution in [0, 0.1) is 5.82 Å². The average Bonchev–Trinajstić information content (AvgIpc) is 2.87. The Morgan fingerprint density at radius 3 is 2.41 bits per heavy atom. The van der Waals surface area contributed by atoms with Crippen molar-refractivity contribution in [2.45, 2.75) is 6.54 Å². The van der Waals surface area contributed by atoms with Crippen molar-refractivity contribution in [1.82, 2.24) is 19.4 Å². The van der Waals surface area contributed by atoms with Gasteiger partial charge in [-0.2, -0.15) is 0 Å². The first-order chi connectivity index (χ1) is 16.5. The molecule has 0 spiro atoms. The number of benzene rings is 2. The summed E-state index contributed by atoms with van der Waals surface area (Å²) in [4.78, 5) is 47.8. The Bertz CT molecular complexity index is 1470. The molecule has 0 bridgehead atoms. The molecule has 0 unspecified atom stereocenters. The number of para-hydroxylation sites is 1. The van der Waals surface area contributed by atoms with Crippen LogP contribution in [0.3, 0.4) is 0 Å². The summed E-state index contributed by atoms with van der Waals surface area (Å²) in [6.45, 7) is 2.25. The van der Waals surface area contributed by atoms with Crippen molar-refractivity contribution in [3.8, 4) is 0 Å². The Hall–Kier alpha value is -4.27. The second-order valence-corrected chi connectivity index (χ2v) is 8.15. The van der Waals surface area contributed by atoms with Crippen LogP contribution < -0.4 is 16.0 Å². The van der Waals surface area contributed by atoms with Gasteiger partial charge in [-0.3, -0.25) is 19.0 Å². The molecule has 1 saturated heterocycles. The number of fused-ring (bicyclic) bond motifs is 1. The van der Waals surface area contributed by atoms with Gasteiger partial charge in [0.05, 0.1) is 17.7 Å². The standard InChI is InChI=1S/C25H22FN5O3/c26-19-4-1-2-6-21(19)29-12-14-30(15-13-29)24(33)18-9-7-17(8-10-18)16-31-22-20(5-3-11-27-22)28-23(32)25(31)34/h1-11H,12-16H2,(H,28,32). The van der Waals surface area contributed by atoms with Crippen LogP contribution in [0.15, 0.2) is 76.4 Å². The molecule has 2 aromatic carbocycles. The number of nitrogens with zero attached hydrogens (tertiary/aromatic N) is 4. The van der Waals surface area contributed by atoms with Gasteiger partial charge in [-0.15, -0.1) is 0 Å². The molecular weight excluding hydrogens is 437 g/mol. The van der Waals surface area contributed by atoms with E-state index in [2.05, 4.69) is 9.97 Å². The van der Waals surface area contributed by atoms with Crippen molar-refractivity contribution in [3.05, 3.63) is 105 Å². The highest BCUT2D eigenvalue weighted by Gasteiger charge is 2.23. The first-order valence-electron chi connectivity index (χ1n) is 11.0. The minimum atomic E-state index is -0.707. The molecule has 1 aliphatic rings. The third-order valence-electron chi connectivity index (χ3n) is 6.03. The van der Waals surface area contributed by atoms with E-state index < -0.39 is 11.1 Å². The highest BCUT2D eigenvalue weighted by Crippen LogP contribution is 2.21. The molecule has 0 radical (unpaired) electrons. The molecule has 1 fully saturated rings. The number of amides is 1. The number of piperazine rings is 1. The van der Waals surface area contributed by atoms with E-state index in [-0.39, 0.29) is 18.3 Å². The van der Waals surface area contributed by atoms with Crippen molar-refractivity contribution in [2.24, 2.45) is 0 Å². The lowest BCUT2D eigenvalue weighted by Crippen LogP contribution is -2.49. The smallest absolute Gasteiger partial charge is 0.318 e. The number of pyridine rings is 1. The van der Waals surface area contributed by atoms with E-state index in [1.807, 2.05) is 4.90 Å². The van der Waals surface area contributed by atoms with Gasteiger partial charge in [0.2, 0.25) is 0 Å².